The van der Waals surface area contributed by atoms with Crippen molar-refractivity contribution in [1.82, 2.24) is 0 Å². The van der Waals surface area contributed by atoms with E-state index in [9.17, 15) is 0 Å². The van der Waals surface area contributed by atoms with Crippen molar-refractivity contribution in [3.63, 3.8) is 0 Å². The van der Waals surface area contributed by atoms with Crippen LogP contribution in [0.5, 0.6) is 0 Å². The van der Waals surface area contributed by atoms with Crippen LogP contribution in [0.1, 0.15) is 12.5 Å². The molecule has 9 heavy (non-hydrogen) atoms. The second kappa shape index (κ2) is 1.77. The average molecular weight is 136 g/mol. The van der Waals surface area contributed by atoms with E-state index in [0.29, 0.717) is 0 Å². The molecule has 0 bridgehead atoms. The molecule has 2 rings (SSSR count). The summed E-state index contributed by atoms with van der Waals surface area (Å²) in [4.78, 5) is 3.01. The molecule has 0 saturated heterocycles. The lowest BCUT2D eigenvalue weighted by molar-refractivity contribution is 1.08. The van der Waals surface area contributed by atoms with Crippen LogP contribution in [0.25, 0.3) is 0 Å². The van der Waals surface area contributed by atoms with E-state index < -0.39 is 0 Å². The third kappa shape index (κ3) is 0.761. The fraction of sp³-hybridized carbons (Fsp3) is 0.250. The predicted molar refractivity (Wildman–Crippen MR) is 39.9 cm³/mol. The zero-order valence-corrected chi connectivity index (χ0v) is 6.16. The van der Waals surface area contributed by atoms with Crippen LogP contribution in [0.2, 0.25) is 0 Å². The van der Waals surface area contributed by atoms with Crippen LogP contribution in [-0.2, 0) is 6.42 Å². The Balaban J connectivity index is 2.51. The fourth-order valence-electron chi connectivity index (χ4n) is 1.02. The number of rotatable bonds is 1. The normalized spacial score (nSPS) is 13.0. The molecule has 0 amide bonds. The number of benzene rings is 1. The van der Waals surface area contributed by atoms with Gasteiger partial charge in [-0.05, 0) is 18.1 Å². The molecule has 0 fully saturated rings. The van der Waals surface area contributed by atoms with Gasteiger partial charge in [0, 0.05) is 9.79 Å². The van der Waals surface area contributed by atoms with E-state index in [1.54, 1.807) is 0 Å². The molecular formula is C8H8S. The smallest absolute Gasteiger partial charge is 0.0294 e. The van der Waals surface area contributed by atoms with Crippen LogP contribution < -0.4 is 0 Å². The Bertz CT molecular complexity index is 240. The highest BCUT2D eigenvalue weighted by molar-refractivity contribution is 8.05. The van der Waals surface area contributed by atoms with Crippen LogP contribution in [0.4, 0.5) is 0 Å². The van der Waals surface area contributed by atoms with Crippen molar-refractivity contribution in [2.24, 2.45) is 0 Å². The molecule has 0 nitrogen and oxygen atoms in total. The van der Waals surface area contributed by atoms with Gasteiger partial charge in [0.2, 0.25) is 0 Å². The molecular weight excluding hydrogens is 128 g/mol. The van der Waals surface area contributed by atoms with Crippen LogP contribution in [-0.4, -0.2) is 0 Å². The largest absolute Gasteiger partial charge is 0.0874 e. The predicted octanol–water partition coefficient (Wildman–Crippen LogP) is 2.71. The molecule has 0 aliphatic carbocycles. The van der Waals surface area contributed by atoms with E-state index in [2.05, 4.69) is 25.1 Å². The zero-order chi connectivity index (χ0) is 6.27. The van der Waals surface area contributed by atoms with Crippen molar-refractivity contribution in [2.75, 3.05) is 0 Å². The summed E-state index contributed by atoms with van der Waals surface area (Å²) in [7, 11) is 0. The standard InChI is InChI=1S/C8H8S/c1-2-6-4-3-5-7-8(6)9-7/h3-5H,2H2,1H3. The fourth-order valence-corrected chi connectivity index (χ4v) is 1.88. The molecule has 0 spiro atoms. The molecule has 1 aliphatic rings. The Morgan fingerprint density at radius 3 is 3.00 bits per heavy atom. The van der Waals surface area contributed by atoms with Crippen molar-refractivity contribution < 1.29 is 0 Å². The molecule has 1 aromatic rings. The Morgan fingerprint density at radius 2 is 2.33 bits per heavy atom. The molecule has 0 radical (unpaired) electrons. The van der Waals surface area contributed by atoms with Gasteiger partial charge in [0.25, 0.3) is 0 Å². The van der Waals surface area contributed by atoms with Gasteiger partial charge in [-0.1, -0.05) is 30.8 Å². The van der Waals surface area contributed by atoms with Gasteiger partial charge in [-0.25, -0.2) is 0 Å². The highest BCUT2D eigenvalue weighted by Gasteiger charge is 2.19. The summed E-state index contributed by atoms with van der Waals surface area (Å²) < 4.78 is 0. The van der Waals surface area contributed by atoms with Crippen molar-refractivity contribution in [2.45, 2.75) is 23.1 Å². The summed E-state index contributed by atoms with van der Waals surface area (Å²) in [6, 6.07) is 6.52. The Kier molecular flexibility index (Phi) is 1.06. The lowest BCUT2D eigenvalue weighted by atomic mass is 10.2. The second-order valence-electron chi connectivity index (χ2n) is 2.20. The first-order valence-electron chi connectivity index (χ1n) is 3.21. The van der Waals surface area contributed by atoms with E-state index in [1.807, 2.05) is 11.8 Å². The van der Waals surface area contributed by atoms with Gasteiger partial charge in [-0.2, -0.15) is 0 Å². The number of hydrogen-bond acceptors (Lipinski definition) is 1. The Morgan fingerprint density at radius 1 is 1.44 bits per heavy atom. The van der Waals surface area contributed by atoms with Crippen LogP contribution in [0.3, 0.4) is 0 Å². The molecule has 1 aliphatic heterocycles. The summed E-state index contributed by atoms with van der Waals surface area (Å²) in [6.45, 7) is 2.20. The average Bonchev–Trinajstić information content (AvgIpc) is 2.64. The van der Waals surface area contributed by atoms with Crippen molar-refractivity contribution in [1.29, 1.82) is 0 Å². The second-order valence-corrected chi connectivity index (χ2v) is 3.25. The van der Waals surface area contributed by atoms with Gasteiger partial charge in [0.15, 0.2) is 0 Å². The van der Waals surface area contributed by atoms with E-state index in [4.69, 9.17) is 0 Å². The van der Waals surface area contributed by atoms with Gasteiger partial charge in [0.05, 0.1) is 0 Å². The molecule has 0 atom stereocenters. The lowest BCUT2D eigenvalue weighted by Gasteiger charge is -1.88. The summed E-state index contributed by atoms with van der Waals surface area (Å²) >= 11 is 1.91. The minimum Gasteiger partial charge on any atom is -0.0874 e. The summed E-state index contributed by atoms with van der Waals surface area (Å²) in [5.41, 5.74) is 1.51. The quantitative estimate of drug-likeness (QED) is 0.543. The van der Waals surface area contributed by atoms with Crippen molar-refractivity contribution in [3.8, 4) is 0 Å². The van der Waals surface area contributed by atoms with E-state index in [0.717, 1.165) is 0 Å². The first kappa shape index (κ1) is 5.36. The van der Waals surface area contributed by atoms with Gasteiger partial charge in [0.1, 0.15) is 0 Å². The first-order valence-corrected chi connectivity index (χ1v) is 4.03. The molecule has 0 aromatic heterocycles. The van der Waals surface area contributed by atoms with Crippen LogP contribution in [0, 0.1) is 0 Å². The van der Waals surface area contributed by atoms with Crippen LogP contribution in [0.15, 0.2) is 28.0 Å². The van der Waals surface area contributed by atoms with Gasteiger partial charge < -0.3 is 0 Å². The minimum atomic E-state index is 1.18. The van der Waals surface area contributed by atoms with Crippen molar-refractivity contribution in [3.05, 3.63) is 23.8 Å². The van der Waals surface area contributed by atoms with Crippen molar-refractivity contribution >= 4 is 11.8 Å². The van der Waals surface area contributed by atoms with Gasteiger partial charge in [-0.15, -0.1) is 0 Å². The van der Waals surface area contributed by atoms with E-state index in [1.165, 1.54) is 21.8 Å². The number of fused-ring (bicyclic) bond motifs is 1. The van der Waals surface area contributed by atoms with E-state index >= 15 is 0 Å². The van der Waals surface area contributed by atoms with Gasteiger partial charge in [-0.3, -0.25) is 0 Å². The van der Waals surface area contributed by atoms with Crippen LogP contribution >= 0.6 is 11.8 Å². The Labute approximate surface area is 59.3 Å². The van der Waals surface area contributed by atoms with Gasteiger partial charge >= 0.3 is 0 Å². The molecule has 46 valence electrons. The maximum absolute atomic E-state index is 2.21. The maximum atomic E-state index is 2.21. The maximum Gasteiger partial charge on any atom is 0.0294 e. The monoisotopic (exact) mass is 136 g/mol. The summed E-state index contributed by atoms with van der Waals surface area (Å²) in [6.07, 6.45) is 1.18. The zero-order valence-electron chi connectivity index (χ0n) is 5.35. The molecule has 0 N–H and O–H groups in total. The van der Waals surface area contributed by atoms with E-state index in [-0.39, 0.29) is 0 Å². The SMILES string of the molecule is CCc1cccc2c1S2. The summed E-state index contributed by atoms with van der Waals surface area (Å²) in [5.74, 6) is 0. The minimum absolute atomic E-state index is 1.18. The number of aryl methyl sites for hydroxylation is 1. The molecule has 1 aromatic carbocycles. The summed E-state index contributed by atoms with van der Waals surface area (Å²) in [5, 5.41) is 0. The molecule has 0 unspecified atom stereocenters. The Hall–Kier alpha value is -0.430. The highest BCUT2D eigenvalue weighted by atomic mass is 32.2. The topological polar surface area (TPSA) is 0 Å². The first-order chi connectivity index (χ1) is 4.42. The third-order valence-electron chi connectivity index (χ3n) is 1.61. The molecule has 0 saturated carbocycles. The molecule has 1 heteroatoms. The third-order valence-corrected chi connectivity index (χ3v) is 2.65. The molecule has 1 heterocycles. The highest BCUT2D eigenvalue weighted by Crippen LogP contribution is 2.50. The lowest BCUT2D eigenvalue weighted by Crippen LogP contribution is -1.74. The number of hydrogen-bond donors (Lipinski definition) is 0.